The number of pyridine rings is 1. The first-order chi connectivity index (χ1) is 12.0. The van der Waals surface area contributed by atoms with Gasteiger partial charge in [0.2, 0.25) is 5.13 Å². The Labute approximate surface area is 158 Å². The molecule has 0 saturated carbocycles. The zero-order valence-corrected chi connectivity index (χ0v) is 15.4. The van der Waals surface area contributed by atoms with Crippen LogP contribution in [0.4, 0.5) is 10.9 Å². The minimum Gasteiger partial charge on any atom is -0.363 e. The minimum atomic E-state index is -0.290. The van der Waals surface area contributed by atoms with Gasteiger partial charge < -0.3 is 5.32 Å². The van der Waals surface area contributed by atoms with Gasteiger partial charge in [-0.15, -0.1) is 10.2 Å². The lowest BCUT2D eigenvalue weighted by Crippen LogP contribution is -2.13. The molecule has 0 fully saturated rings. The first kappa shape index (κ1) is 17.6. The summed E-state index contributed by atoms with van der Waals surface area (Å²) in [6.45, 7) is 1.95. The van der Waals surface area contributed by atoms with Gasteiger partial charge in [0.15, 0.2) is 0 Å². The monoisotopic (exact) mass is 393 g/mol. The van der Waals surface area contributed by atoms with Gasteiger partial charge in [-0.05, 0) is 30.7 Å². The summed E-state index contributed by atoms with van der Waals surface area (Å²) in [5, 5.41) is 14.8. The molecule has 9 heteroatoms. The van der Waals surface area contributed by atoms with E-state index in [1.54, 1.807) is 23.7 Å². The minimum absolute atomic E-state index is 0.0974. The molecular weight excluding hydrogens is 381 g/mol. The molecule has 3 rings (SSSR count). The molecule has 1 atom stereocenters. The first-order valence-corrected chi connectivity index (χ1v) is 8.92. The van der Waals surface area contributed by atoms with Gasteiger partial charge in [-0.1, -0.05) is 46.7 Å². The Bertz CT molecular complexity index is 871. The fourth-order valence-corrected chi connectivity index (χ4v) is 3.08. The standard InChI is InChI=1S/C16H13Cl2N5OS/c1-9(11-3-2-4-12(17)14(11)18)21-13-6-5-10(7-19-13)15(24)22-16-23-20-8-25-16/h2-9H,1H3,(H,19,21)(H,22,23,24). The topological polar surface area (TPSA) is 79.8 Å². The van der Waals surface area contributed by atoms with E-state index in [1.807, 2.05) is 19.1 Å². The Morgan fingerprint density at radius 1 is 1.24 bits per heavy atom. The summed E-state index contributed by atoms with van der Waals surface area (Å²) in [5.41, 5.74) is 2.84. The molecule has 2 N–H and O–H groups in total. The molecule has 25 heavy (non-hydrogen) atoms. The molecule has 0 bridgehead atoms. The van der Waals surface area contributed by atoms with Crippen molar-refractivity contribution in [3.8, 4) is 0 Å². The van der Waals surface area contributed by atoms with Crippen LogP contribution in [-0.4, -0.2) is 21.1 Å². The maximum Gasteiger partial charge on any atom is 0.259 e. The molecule has 1 amide bonds. The highest BCUT2D eigenvalue weighted by molar-refractivity contribution is 7.13. The average Bonchev–Trinajstić information content (AvgIpc) is 3.11. The third kappa shape index (κ3) is 4.25. The highest BCUT2D eigenvalue weighted by Gasteiger charge is 2.13. The largest absolute Gasteiger partial charge is 0.363 e. The zero-order valence-electron chi connectivity index (χ0n) is 13.0. The Morgan fingerprint density at radius 3 is 2.76 bits per heavy atom. The van der Waals surface area contributed by atoms with Gasteiger partial charge in [-0.3, -0.25) is 10.1 Å². The normalized spacial score (nSPS) is 11.8. The lowest BCUT2D eigenvalue weighted by molar-refractivity contribution is 0.102. The molecule has 0 spiro atoms. The second-order valence-corrected chi connectivity index (χ2v) is 6.76. The van der Waals surface area contributed by atoms with E-state index in [0.29, 0.717) is 26.6 Å². The van der Waals surface area contributed by atoms with E-state index in [-0.39, 0.29) is 11.9 Å². The number of carbonyl (C=O) groups is 1. The number of aromatic nitrogens is 3. The molecule has 1 aromatic carbocycles. The van der Waals surface area contributed by atoms with Crippen LogP contribution in [0.25, 0.3) is 0 Å². The number of halogens is 2. The summed E-state index contributed by atoms with van der Waals surface area (Å²) in [7, 11) is 0. The van der Waals surface area contributed by atoms with E-state index in [0.717, 1.165) is 5.56 Å². The zero-order chi connectivity index (χ0) is 17.8. The highest BCUT2D eigenvalue weighted by Crippen LogP contribution is 2.31. The molecule has 3 aromatic rings. The van der Waals surface area contributed by atoms with Crippen LogP contribution in [-0.2, 0) is 0 Å². The fourth-order valence-electron chi connectivity index (χ4n) is 2.16. The number of carbonyl (C=O) groups excluding carboxylic acids is 1. The summed E-state index contributed by atoms with van der Waals surface area (Å²) < 4.78 is 0. The van der Waals surface area contributed by atoms with Crippen molar-refractivity contribution in [2.45, 2.75) is 13.0 Å². The van der Waals surface area contributed by atoms with Crippen LogP contribution in [0.15, 0.2) is 42.0 Å². The molecule has 6 nitrogen and oxygen atoms in total. The molecule has 0 saturated heterocycles. The van der Waals surface area contributed by atoms with E-state index in [9.17, 15) is 4.79 Å². The Hall–Kier alpha value is -2.22. The average molecular weight is 394 g/mol. The first-order valence-electron chi connectivity index (χ1n) is 7.28. The van der Waals surface area contributed by atoms with Crippen molar-refractivity contribution in [2.75, 3.05) is 10.6 Å². The number of rotatable bonds is 5. The quantitative estimate of drug-likeness (QED) is 0.658. The van der Waals surface area contributed by atoms with E-state index in [4.69, 9.17) is 23.2 Å². The van der Waals surface area contributed by atoms with Gasteiger partial charge in [0.1, 0.15) is 11.3 Å². The van der Waals surface area contributed by atoms with Crippen molar-refractivity contribution >= 4 is 51.4 Å². The Balaban J connectivity index is 1.68. The van der Waals surface area contributed by atoms with Gasteiger partial charge in [0.05, 0.1) is 21.7 Å². The summed E-state index contributed by atoms with van der Waals surface area (Å²) >= 11 is 13.5. The number of nitrogens with zero attached hydrogens (tertiary/aromatic N) is 3. The fraction of sp³-hybridized carbons (Fsp3) is 0.125. The van der Waals surface area contributed by atoms with Gasteiger partial charge in [0, 0.05) is 6.20 Å². The Kier molecular flexibility index (Phi) is 5.47. The number of benzene rings is 1. The molecule has 0 radical (unpaired) electrons. The summed E-state index contributed by atoms with van der Waals surface area (Å²) in [4.78, 5) is 16.4. The molecule has 2 heterocycles. The van der Waals surface area contributed by atoms with Crippen LogP contribution < -0.4 is 10.6 Å². The van der Waals surface area contributed by atoms with Crippen molar-refractivity contribution in [2.24, 2.45) is 0 Å². The van der Waals surface area contributed by atoms with E-state index < -0.39 is 0 Å². The van der Waals surface area contributed by atoms with Crippen molar-refractivity contribution in [3.05, 3.63) is 63.2 Å². The van der Waals surface area contributed by atoms with Gasteiger partial charge in [-0.2, -0.15) is 0 Å². The number of hydrogen-bond acceptors (Lipinski definition) is 6. The summed E-state index contributed by atoms with van der Waals surface area (Å²) in [5.74, 6) is 0.331. The molecular formula is C16H13Cl2N5OS. The SMILES string of the molecule is CC(Nc1ccc(C(=O)Nc2nncs2)cn1)c1cccc(Cl)c1Cl. The molecule has 0 aliphatic carbocycles. The van der Waals surface area contributed by atoms with E-state index in [2.05, 4.69) is 25.8 Å². The number of anilines is 2. The van der Waals surface area contributed by atoms with Crippen molar-refractivity contribution in [1.29, 1.82) is 0 Å². The molecule has 0 aliphatic heterocycles. The van der Waals surface area contributed by atoms with Crippen LogP contribution in [0.2, 0.25) is 10.0 Å². The maximum atomic E-state index is 12.1. The summed E-state index contributed by atoms with van der Waals surface area (Å²) in [6, 6.07) is 8.79. The van der Waals surface area contributed by atoms with Crippen molar-refractivity contribution < 1.29 is 4.79 Å². The molecule has 1 unspecified atom stereocenters. The molecule has 128 valence electrons. The molecule has 0 aliphatic rings. The Morgan fingerprint density at radius 2 is 2.08 bits per heavy atom. The van der Waals surface area contributed by atoms with Crippen LogP contribution in [0, 0.1) is 0 Å². The lowest BCUT2D eigenvalue weighted by Gasteiger charge is -2.17. The molecule has 2 aromatic heterocycles. The van der Waals surface area contributed by atoms with Gasteiger partial charge in [0.25, 0.3) is 5.91 Å². The van der Waals surface area contributed by atoms with Crippen LogP contribution in [0.1, 0.15) is 28.9 Å². The highest BCUT2D eigenvalue weighted by atomic mass is 35.5. The van der Waals surface area contributed by atoms with Crippen LogP contribution in [0.5, 0.6) is 0 Å². The van der Waals surface area contributed by atoms with Crippen molar-refractivity contribution in [1.82, 2.24) is 15.2 Å². The lowest BCUT2D eigenvalue weighted by atomic mass is 10.1. The van der Waals surface area contributed by atoms with Gasteiger partial charge >= 0.3 is 0 Å². The van der Waals surface area contributed by atoms with E-state index >= 15 is 0 Å². The maximum absolute atomic E-state index is 12.1. The van der Waals surface area contributed by atoms with Crippen molar-refractivity contribution in [3.63, 3.8) is 0 Å². The second kappa shape index (κ2) is 7.77. The van der Waals surface area contributed by atoms with Crippen LogP contribution >= 0.6 is 34.5 Å². The smallest absolute Gasteiger partial charge is 0.259 e. The second-order valence-electron chi connectivity index (χ2n) is 5.14. The predicted molar refractivity (Wildman–Crippen MR) is 101 cm³/mol. The number of nitrogens with one attached hydrogen (secondary N) is 2. The predicted octanol–water partition coefficient (Wildman–Crippen LogP) is 4.67. The van der Waals surface area contributed by atoms with Crippen LogP contribution in [0.3, 0.4) is 0 Å². The number of hydrogen-bond donors (Lipinski definition) is 2. The summed E-state index contributed by atoms with van der Waals surface area (Å²) in [6.07, 6.45) is 1.49. The van der Waals surface area contributed by atoms with E-state index in [1.165, 1.54) is 17.5 Å². The third-order valence-electron chi connectivity index (χ3n) is 3.42. The third-order valence-corrected chi connectivity index (χ3v) is 4.86. The van der Waals surface area contributed by atoms with Gasteiger partial charge in [-0.25, -0.2) is 4.98 Å². The number of amides is 1.